The van der Waals surface area contributed by atoms with E-state index in [1.165, 1.54) is 17.3 Å². The van der Waals surface area contributed by atoms with Gasteiger partial charge in [0.1, 0.15) is 18.2 Å². The summed E-state index contributed by atoms with van der Waals surface area (Å²) < 4.78 is 5.86. The molecular weight excluding hydrogens is 472 g/mol. The standard InChI is InChI=1S/C27H28N6O2S/c28-17-22(26-30-24-3-1-2-4-25(24)36-26)23-9-10-29-27(31-23)35-19-21-7-5-20(6-8-21)18-33-13-11-32(12-14-33)15-16-34/h1-10,30,34H,11-16,18-19H2/b26-22-. The first kappa shape index (κ1) is 24.3. The van der Waals surface area contributed by atoms with Gasteiger partial charge in [-0.3, -0.25) is 9.80 Å². The molecule has 1 fully saturated rings. The number of hydrogen-bond donors (Lipinski definition) is 2. The zero-order valence-electron chi connectivity index (χ0n) is 19.9. The van der Waals surface area contributed by atoms with Crippen molar-refractivity contribution in [2.75, 3.05) is 44.6 Å². The summed E-state index contributed by atoms with van der Waals surface area (Å²) in [5, 5.41) is 23.0. The number of para-hydroxylation sites is 1. The fraction of sp³-hybridized carbons (Fsp3) is 0.296. The number of anilines is 1. The molecule has 184 valence electrons. The lowest BCUT2D eigenvalue weighted by Gasteiger charge is -2.34. The number of piperazine rings is 1. The van der Waals surface area contributed by atoms with Crippen LogP contribution in [0, 0.1) is 11.3 Å². The molecule has 3 aromatic rings. The molecule has 36 heavy (non-hydrogen) atoms. The molecule has 8 nitrogen and oxygen atoms in total. The van der Waals surface area contributed by atoms with E-state index in [4.69, 9.17) is 9.84 Å². The van der Waals surface area contributed by atoms with Crippen LogP contribution in [0.2, 0.25) is 0 Å². The summed E-state index contributed by atoms with van der Waals surface area (Å²) in [6.07, 6.45) is 1.62. The zero-order chi connectivity index (χ0) is 24.7. The van der Waals surface area contributed by atoms with Crippen molar-refractivity contribution < 1.29 is 9.84 Å². The van der Waals surface area contributed by atoms with E-state index in [0.717, 1.165) is 60.4 Å². The maximum atomic E-state index is 9.82. The second-order valence-corrected chi connectivity index (χ2v) is 9.76. The molecule has 2 aromatic carbocycles. The Bertz CT molecular complexity index is 1240. The number of rotatable bonds is 8. The SMILES string of the molecule is N#C/C(=C1\Nc2ccccc2S1)c1ccnc(OCc2ccc(CN3CCN(CCO)CC3)cc2)n1. The van der Waals surface area contributed by atoms with E-state index in [2.05, 4.69) is 55.4 Å². The maximum Gasteiger partial charge on any atom is 0.317 e. The first-order valence-corrected chi connectivity index (χ1v) is 12.8. The number of thioether (sulfide) groups is 1. The quantitative estimate of drug-likeness (QED) is 0.450. The summed E-state index contributed by atoms with van der Waals surface area (Å²) in [6, 6.07) is 20.6. The highest BCUT2D eigenvalue weighted by Crippen LogP contribution is 2.43. The minimum absolute atomic E-state index is 0.223. The largest absolute Gasteiger partial charge is 0.459 e. The van der Waals surface area contributed by atoms with Crippen molar-refractivity contribution in [2.45, 2.75) is 18.0 Å². The number of benzene rings is 2. The van der Waals surface area contributed by atoms with Crippen molar-refractivity contribution in [3.8, 4) is 12.1 Å². The van der Waals surface area contributed by atoms with Crippen LogP contribution >= 0.6 is 11.8 Å². The van der Waals surface area contributed by atoms with Crippen molar-refractivity contribution in [2.24, 2.45) is 0 Å². The van der Waals surface area contributed by atoms with Crippen LogP contribution in [0.4, 0.5) is 5.69 Å². The Hall–Kier alpha value is -3.42. The van der Waals surface area contributed by atoms with E-state index in [-0.39, 0.29) is 12.6 Å². The van der Waals surface area contributed by atoms with Gasteiger partial charge in [-0.2, -0.15) is 10.2 Å². The number of fused-ring (bicyclic) bond motifs is 1. The second kappa shape index (κ2) is 11.5. The van der Waals surface area contributed by atoms with E-state index in [9.17, 15) is 5.26 Å². The van der Waals surface area contributed by atoms with E-state index < -0.39 is 0 Å². The van der Waals surface area contributed by atoms with Crippen molar-refractivity contribution in [3.05, 3.63) is 82.6 Å². The molecule has 0 aliphatic carbocycles. The molecule has 2 N–H and O–H groups in total. The lowest BCUT2D eigenvalue weighted by Crippen LogP contribution is -2.46. The monoisotopic (exact) mass is 500 g/mol. The number of hydrogen-bond acceptors (Lipinski definition) is 9. The fourth-order valence-corrected chi connectivity index (χ4v) is 5.27. The van der Waals surface area contributed by atoms with Gasteiger partial charge in [0, 0.05) is 50.4 Å². The number of β-amino-alcohol motifs (C(OH)–C–C–N with tert-alkyl or cyclic N) is 1. The Labute approximate surface area is 215 Å². The van der Waals surface area contributed by atoms with Crippen LogP contribution in [-0.4, -0.2) is 64.2 Å². The van der Waals surface area contributed by atoms with Crippen LogP contribution in [0.1, 0.15) is 16.8 Å². The Morgan fingerprint density at radius 3 is 2.53 bits per heavy atom. The Kier molecular flexibility index (Phi) is 7.79. The third kappa shape index (κ3) is 5.86. The first-order valence-electron chi connectivity index (χ1n) is 12.0. The number of nitriles is 1. The molecule has 9 heteroatoms. The van der Waals surface area contributed by atoms with Gasteiger partial charge in [-0.1, -0.05) is 48.2 Å². The summed E-state index contributed by atoms with van der Waals surface area (Å²) >= 11 is 1.52. The van der Waals surface area contributed by atoms with E-state index in [1.807, 2.05) is 24.3 Å². The normalized spacial score (nSPS) is 17.2. The lowest BCUT2D eigenvalue weighted by atomic mass is 10.1. The third-order valence-corrected chi connectivity index (χ3v) is 7.34. The van der Waals surface area contributed by atoms with Crippen LogP contribution in [-0.2, 0) is 13.2 Å². The van der Waals surface area contributed by atoms with Crippen LogP contribution in [0.5, 0.6) is 6.01 Å². The number of ether oxygens (including phenoxy) is 1. The maximum absolute atomic E-state index is 9.82. The number of aromatic nitrogens is 2. The zero-order valence-corrected chi connectivity index (χ0v) is 20.7. The van der Waals surface area contributed by atoms with Crippen molar-refractivity contribution in [1.82, 2.24) is 19.8 Å². The molecule has 1 aromatic heterocycles. The van der Waals surface area contributed by atoms with Gasteiger partial charge in [0.05, 0.1) is 23.0 Å². The summed E-state index contributed by atoms with van der Waals surface area (Å²) in [4.78, 5) is 14.5. The highest BCUT2D eigenvalue weighted by molar-refractivity contribution is 8.04. The fourth-order valence-electron chi connectivity index (χ4n) is 4.26. The Morgan fingerprint density at radius 1 is 1.03 bits per heavy atom. The molecule has 0 spiro atoms. The topological polar surface area (TPSA) is 97.5 Å². The first-order chi connectivity index (χ1) is 17.7. The van der Waals surface area contributed by atoms with E-state index in [1.54, 1.807) is 12.3 Å². The van der Waals surface area contributed by atoms with Crippen molar-refractivity contribution in [1.29, 1.82) is 5.26 Å². The van der Waals surface area contributed by atoms with Gasteiger partial charge >= 0.3 is 6.01 Å². The number of aliphatic hydroxyl groups excluding tert-OH is 1. The number of nitrogens with zero attached hydrogens (tertiary/aromatic N) is 5. The summed E-state index contributed by atoms with van der Waals surface area (Å²) in [5.41, 5.74) is 4.27. The lowest BCUT2D eigenvalue weighted by molar-refractivity contribution is 0.108. The third-order valence-electron chi connectivity index (χ3n) is 6.25. The average molecular weight is 501 g/mol. The van der Waals surface area contributed by atoms with Gasteiger partial charge in [-0.05, 0) is 29.3 Å². The Balaban J connectivity index is 1.18. The molecule has 0 unspecified atom stereocenters. The molecule has 0 atom stereocenters. The molecule has 5 rings (SSSR count). The minimum atomic E-state index is 0.223. The van der Waals surface area contributed by atoms with Gasteiger partial charge in [-0.25, -0.2) is 4.98 Å². The molecule has 0 amide bonds. The van der Waals surface area contributed by atoms with Crippen LogP contribution < -0.4 is 10.1 Å². The van der Waals surface area contributed by atoms with Crippen LogP contribution in [0.25, 0.3) is 5.57 Å². The van der Waals surface area contributed by atoms with Crippen molar-refractivity contribution in [3.63, 3.8) is 0 Å². The predicted octanol–water partition coefficient (Wildman–Crippen LogP) is 3.58. The highest BCUT2D eigenvalue weighted by atomic mass is 32.2. The minimum Gasteiger partial charge on any atom is -0.459 e. The summed E-state index contributed by atoms with van der Waals surface area (Å²) in [5.74, 6) is 0. The van der Waals surface area contributed by atoms with Crippen molar-refractivity contribution >= 4 is 23.0 Å². The highest BCUT2D eigenvalue weighted by Gasteiger charge is 2.21. The number of allylic oxidation sites excluding steroid dienone is 1. The van der Waals surface area contributed by atoms with Gasteiger partial charge in [0.25, 0.3) is 0 Å². The second-order valence-electron chi connectivity index (χ2n) is 8.71. The molecular formula is C27H28N6O2S. The molecule has 2 aliphatic heterocycles. The molecule has 0 radical (unpaired) electrons. The smallest absolute Gasteiger partial charge is 0.317 e. The molecule has 3 heterocycles. The molecule has 0 saturated carbocycles. The van der Waals surface area contributed by atoms with Crippen LogP contribution in [0.15, 0.2) is 70.7 Å². The van der Waals surface area contributed by atoms with E-state index >= 15 is 0 Å². The van der Waals surface area contributed by atoms with Gasteiger partial charge in [0.2, 0.25) is 0 Å². The average Bonchev–Trinajstić information content (AvgIpc) is 3.34. The van der Waals surface area contributed by atoms with Gasteiger partial charge in [0.15, 0.2) is 0 Å². The summed E-state index contributed by atoms with van der Waals surface area (Å²) in [6.45, 7) is 6.27. The molecule has 1 saturated heterocycles. The number of aliphatic hydroxyl groups is 1. The predicted molar refractivity (Wildman–Crippen MR) is 140 cm³/mol. The molecule has 0 bridgehead atoms. The van der Waals surface area contributed by atoms with Gasteiger partial charge in [-0.15, -0.1) is 0 Å². The van der Waals surface area contributed by atoms with Gasteiger partial charge < -0.3 is 15.2 Å². The molecule has 2 aliphatic rings. The number of nitrogens with one attached hydrogen (secondary N) is 1. The van der Waals surface area contributed by atoms with E-state index in [0.29, 0.717) is 17.9 Å². The Morgan fingerprint density at radius 2 is 1.78 bits per heavy atom. The summed E-state index contributed by atoms with van der Waals surface area (Å²) in [7, 11) is 0. The van der Waals surface area contributed by atoms with Crippen LogP contribution in [0.3, 0.4) is 0 Å².